The van der Waals surface area contributed by atoms with Crippen LogP contribution in [0, 0.1) is 0 Å². The standard InChI is InChI=1S/C21H17BrN2O2/c22-17-10-4-5-11-18(17)23-21(26)24-19-12-6-9-16(20(19)25)14-13-15-7-2-1-3-8-15/h1-14,25H,(H2,23,24,26)/b14-13+. The molecule has 0 aliphatic heterocycles. The minimum Gasteiger partial charge on any atom is -0.505 e. The first-order valence-electron chi connectivity index (χ1n) is 8.01. The number of phenols is 1. The molecule has 26 heavy (non-hydrogen) atoms. The molecule has 0 radical (unpaired) electrons. The van der Waals surface area contributed by atoms with Crippen molar-refractivity contribution in [1.29, 1.82) is 0 Å². The lowest BCUT2D eigenvalue weighted by atomic mass is 10.1. The number of anilines is 2. The predicted molar refractivity (Wildman–Crippen MR) is 110 cm³/mol. The van der Waals surface area contributed by atoms with Gasteiger partial charge in [0.05, 0.1) is 11.4 Å². The maximum Gasteiger partial charge on any atom is 0.323 e. The highest BCUT2D eigenvalue weighted by molar-refractivity contribution is 9.10. The van der Waals surface area contributed by atoms with Gasteiger partial charge >= 0.3 is 6.03 Å². The van der Waals surface area contributed by atoms with Gasteiger partial charge in [-0.25, -0.2) is 4.79 Å². The molecule has 0 fully saturated rings. The molecule has 3 aromatic rings. The van der Waals surface area contributed by atoms with E-state index >= 15 is 0 Å². The van der Waals surface area contributed by atoms with Gasteiger partial charge in [0.1, 0.15) is 5.75 Å². The molecule has 0 spiro atoms. The van der Waals surface area contributed by atoms with E-state index in [0.29, 0.717) is 16.9 Å². The molecule has 0 atom stereocenters. The van der Waals surface area contributed by atoms with Crippen molar-refractivity contribution >= 4 is 45.5 Å². The second-order valence-corrected chi connectivity index (χ2v) is 6.40. The predicted octanol–water partition coefficient (Wildman–Crippen LogP) is 5.97. The number of urea groups is 1. The van der Waals surface area contributed by atoms with Crippen molar-refractivity contribution in [2.24, 2.45) is 0 Å². The van der Waals surface area contributed by atoms with Crippen LogP contribution in [0.15, 0.2) is 77.3 Å². The summed E-state index contributed by atoms with van der Waals surface area (Å²) in [6.07, 6.45) is 3.71. The third-order valence-corrected chi connectivity index (χ3v) is 4.38. The number of aromatic hydroxyl groups is 1. The highest BCUT2D eigenvalue weighted by atomic mass is 79.9. The average Bonchev–Trinajstić information content (AvgIpc) is 2.65. The van der Waals surface area contributed by atoms with Gasteiger partial charge in [-0.1, -0.05) is 66.7 Å². The maximum absolute atomic E-state index is 12.2. The van der Waals surface area contributed by atoms with Crippen molar-refractivity contribution in [2.45, 2.75) is 0 Å². The van der Waals surface area contributed by atoms with Crippen LogP contribution >= 0.6 is 15.9 Å². The first kappa shape index (κ1) is 17.8. The zero-order valence-electron chi connectivity index (χ0n) is 13.8. The third kappa shape index (κ3) is 4.52. The number of para-hydroxylation sites is 2. The Morgan fingerprint density at radius 3 is 2.23 bits per heavy atom. The first-order chi connectivity index (χ1) is 12.6. The van der Waals surface area contributed by atoms with Gasteiger partial charge < -0.3 is 15.7 Å². The Bertz CT molecular complexity index is 940. The van der Waals surface area contributed by atoms with E-state index in [4.69, 9.17) is 0 Å². The van der Waals surface area contributed by atoms with E-state index in [0.717, 1.165) is 10.0 Å². The van der Waals surface area contributed by atoms with E-state index < -0.39 is 6.03 Å². The fourth-order valence-electron chi connectivity index (χ4n) is 2.39. The van der Waals surface area contributed by atoms with Gasteiger partial charge in [0.15, 0.2) is 0 Å². The molecule has 0 aromatic heterocycles. The third-order valence-electron chi connectivity index (χ3n) is 3.69. The second kappa shape index (κ2) is 8.36. The largest absolute Gasteiger partial charge is 0.505 e. The van der Waals surface area contributed by atoms with Crippen molar-refractivity contribution in [3.8, 4) is 5.75 Å². The fraction of sp³-hybridized carbons (Fsp3) is 0. The average molecular weight is 409 g/mol. The number of carbonyl (C=O) groups is 1. The van der Waals surface area contributed by atoms with Gasteiger partial charge in [0, 0.05) is 10.0 Å². The van der Waals surface area contributed by atoms with Gasteiger partial charge in [0.25, 0.3) is 0 Å². The number of hydrogen-bond donors (Lipinski definition) is 3. The van der Waals surface area contributed by atoms with Crippen molar-refractivity contribution in [3.63, 3.8) is 0 Å². The van der Waals surface area contributed by atoms with E-state index in [1.165, 1.54) is 0 Å². The van der Waals surface area contributed by atoms with Gasteiger partial charge in [-0.2, -0.15) is 0 Å². The van der Waals surface area contributed by atoms with E-state index in [9.17, 15) is 9.90 Å². The summed E-state index contributed by atoms with van der Waals surface area (Å²) in [6, 6.07) is 21.9. The summed E-state index contributed by atoms with van der Waals surface area (Å²) in [5.41, 5.74) is 2.62. The molecule has 2 amide bonds. The number of carbonyl (C=O) groups excluding carboxylic acids is 1. The number of phenolic OH excluding ortho intramolecular Hbond substituents is 1. The van der Waals surface area contributed by atoms with E-state index in [-0.39, 0.29) is 5.75 Å². The van der Waals surface area contributed by atoms with Crippen LogP contribution in [0.4, 0.5) is 16.2 Å². The molecule has 130 valence electrons. The van der Waals surface area contributed by atoms with Gasteiger partial charge in [-0.3, -0.25) is 0 Å². The van der Waals surface area contributed by atoms with Crippen LogP contribution < -0.4 is 10.6 Å². The molecule has 0 heterocycles. The minimum atomic E-state index is -0.434. The number of benzene rings is 3. The molecule has 3 N–H and O–H groups in total. The summed E-state index contributed by atoms with van der Waals surface area (Å²) < 4.78 is 0.777. The van der Waals surface area contributed by atoms with Crippen LogP contribution in [0.2, 0.25) is 0 Å². The van der Waals surface area contributed by atoms with E-state index in [1.807, 2.05) is 60.7 Å². The van der Waals surface area contributed by atoms with Crippen molar-refractivity contribution in [1.82, 2.24) is 0 Å². The molecule has 3 rings (SSSR count). The summed E-state index contributed by atoms with van der Waals surface area (Å²) in [5, 5.41) is 15.8. The maximum atomic E-state index is 12.2. The van der Waals surface area contributed by atoms with Crippen LogP contribution in [-0.2, 0) is 0 Å². The molecule has 0 saturated carbocycles. The van der Waals surface area contributed by atoms with Crippen LogP contribution in [0.5, 0.6) is 5.75 Å². The summed E-state index contributed by atoms with van der Waals surface area (Å²) >= 11 is 3.38. The lowest BCUT2D eigenvalue weighted by Crippen LogP contribution is -2.19. The minimum absolute atomic E-state index is 0.0157. The Labute approximate surface area is 160 Å². The lowest BCUT2D eigenvalue weighted by molar-refractivity contribution is 0.262. The summed E-state index contributed by atoms with van der Waals surface area (Å²) in [4.78, 5) is 12.2. The smallest absolute Gasteiger partial charge is 0.323 e. The summed E-state index contributed by atoms with van der Waals surface area (Å²) in [7, 11) is 0. The Kier molecular flexibility index (Phi) is 5.71. The highest BCUT2D eigenvalue weighted by Gasteiger charge is 2.10. The van der Waals surface area contributed by atoms with Gasteiger partial charge in [0.2, 0.25) is 0 Å². The monoisotopic (exact) mass is 408 g/mol. The topological polar surface area (TPSA) is 61.4 Å². The van der Waals surface area contributed by atoms with Crippen LogP contribution in [0.1, 0.15) is 11.1 Å². The fourth-order valence-corrected chi connectivity index (χ4v) is 2.77. The molecular formula is C21H17BrN2O2. The second-order valence-electron chi connectivity index (χ2n) is 5.55. The summed E-state index contributed by atoms with van der Waals surface area (Å²) in [6.45, 7) is 0. The van der Waals surface area contributed by atoms with Crippen LogP contribution in [0.3, 0.4) is 0 Å². The number of halogens is 1. The number of rotatable bonds is 4. The number of nitrogens with one attached hydrogen (secondary N) is 2. The zero-order valence-corrected chi connectivity index (χ0v) is 15.4. The van der Waals surface area contributed by atoms with Crippen molar-refractivity contribution < 1.29 is 9.90 Å². The van der Waals surface area contributed by atoms with E-state index in [2.05, 4.69) is 26.6 Å². The Morgan fingerprint density at radius 2 is 1.46 bits per heavy atom. The number of amides is 2. The lowest BCUT2D eigenvalue weighted by Gasteiger charge is -2.11. The normalized spacial score (nSPS) is 10.7. The molecule has 3 aromatic carbocycles. The van der Waals surface area contributed by atoms with Crippen molar-refractivity contribution in [3.05, 3.63) is 88.4 Å². The molecule has 0 aliphatic carbocycles. The van der Waals surface area contributed by atoms with Gasteiger partial charge in [-0.05, 0) is 39.7 Å². The Morgan fingerprint density at radius 1 is 0.808 bits per heavy atom. The van der Waals surface area contributed by atoms with Crippen molar-refractivity contribution in [2.75, 3.05) is 10.6 Å². The van der Waals surface area contributed by atoms with E-state index in [1.54, 1.807) is 24.3 Å². The Hall–Kier alpha value is -3.05. The molecule has 5 heteroatoms. The molecule has 0 unspecified atom stereocenters. The highest BCUT2D eigenvalue weighted by Crippen LogP contribution is 2.29. The molecule has 0 bridgehead atoms. The quantitative estimate of drug-likeness (QED) is 0.367. The Balaban J connectivity index is 1.74. The molecule has 0 aliphatic rings. The molecular weight excluding hydrogens is 392 g/mol. The first-order valence-corrected chi connectivity index (χ1v) is 8.80. The zero-order chi connectivity index (χ0) is 18.4. The summed E-state index contributed by atoms with van der Waals surface area (Å²) in [5.74, 6) is 0.0157. The molecule has 4 nitrogen and oxygen atoms in total. The van der Waals surface area contributed by atoms with Crippen LogP contribution in [0.25, 0.3) is 12.2 Å². The molecule has 0 saturated heterocycles. The van der Waals surface area contributed by atoms with Crippen LogP contribution in [-0.4, -0.2) is 11.1 Å². The van der Waals surface area contributed by atoms with Gasteiger partial charge in [-0.15, -0.1) is 0 Å². The number of hydrogen-bond acceptors (Lipinski definition) is 2. The SMILES string of the molecule is O=C(Nc1ccccc1Br)Nc1cccc(/C=C/c2ccccc2)c1O.